The van der Waals surface area contributed by atoms with Gasteiger partial charge in [-0.15, -0.1) is 0 Å². The van der Waals surface area contributed by atoms with Crippen LogP contribution < -0.4 is 5.32 Å². The van der Waals surface area contributed by atoms with E-state index in [1.165, 1.54) is 24.9 Å². The minimum absolute atomic E-state index is 0.987. The summed E-state index contributed by atoms with van der Waals surface area (Å²) in [5.74, 6) is 0. The fraction of sp³-hybridized carbons (Fsp3) is 0.733. The summed E-state index contributed by atoms with van der Waals surface area (Å²) in [4.78, 5) is 2.50. The van der Waals surface area contributed by atoms with E-state index >= 15 is 0 Å². The molecule has 0 aliphatic carbocycles. The first-order valence-corrected chi connectivity index (χ1v) is 7.37. The third kappa shape index (κ3) is 5.69. The van der Waals surface area contributed by atoms with E-state index in [1.54, 1.807) is 0 Å². The van der Waals surface area contributed by atoms with Gasteiger partial charge in [0, 0.05) is 38.6 Å². The van der Waals surface area contributed by atoms with E-state index in [1.807, 2.05) is 0 Å². The molecule has 18 heavy (non-hydrogen) atoms. The first-order valence-electron chi connectivity index (χ1n) is 7.37. The van der Waals surface area contributed by atoms with Gasteiger partial charge in [0.15, 0.2) is 0 Å². The van der Waals surface area contributed by atoms with Crippen molar-refractivity contribution in [3.05, 3.63) is 24.0 Å². The van der Waals surface area contributed by atoms with Crippen LogP contribution in [0.3, 0.4) is 0 Å². The summed E-state index contributed by atoms with van der Waals surface area (Å²) in [6.07, 6.45) is 6.87. The molecule has 0 atom stereocenters. The van der Waals surface area contributed by atoms with Gasteiger partial charge in [0.1, 0.15) is 0 Å². The number of rotatable bonds is 10. The SMILES string of the molecule is CCCN(CC)CCNCc1ccn(CCC)c1. The highest BCUT2D eigenvalue weighted by molar-refractivity contribution is 5.09. The van der Waals surface area contributed by atoms with Crippen LogP contribution in [0, 0.1) is 0 Å². The van der Waals surface area contributed by atoms with Crippen LogP contribution in [0.4, 0.5) is 0 Å². The Hall–Kier alpha value is -0.800. The fourth-order valence-corrected chi connectivity index (χ4v) is 2.21. The molecule has 1 aromatic heterocycles. The Bertz CT molecular complexity index is 306. The van der Waals surface area contributed by atoms with E-state index in [9.17, 15) is 0 Å². The van der Waals surface area contributed by atoms with Crippen molar-refractivity contribution in [3.63, 3.8) is 0 Å². The molecular formula is C15H29N3. The summed E-state index contributed by atoms with van der Waals surface area (Å²) >= 11 is 0. The van der Waals surface area contributed by atoms with Gasteiger partial charge in [-0.2, -0.15) is 0 Å². The number of aryl methyl sites for hydroxylation is 1. The second-order valence-corrected chi connectivity index (χ2v) is 4.87. The highest BCUT2D eigenvalue weighted by Crippen LogP contribution is 2.01. The van der Waals surface area contributed by atoms with E-state index in [-0.39, 0.29) is 0 Å². The highest BCUT2D eigenvalue weighted by Gasteiger charge is 2.00. The maximum Gasteiger partial charge on any atom is 0.0221 e. The van der Waals surface area contributed by atoms with Crippen molar-refractivity contribution in [3.8, 4) is 0 Å². The van der Waals surface area contributed by atoms with Gasteiger partial charge in [0.05, 0.1) is 0 Å². The standard InChI is InChI=1S/C15H29N3/c1-4-9-17(6-3)12-8-16-13-15-7-11-18(14-15)10-5-2/h7,11,14,16H,4-6,8-10,12-13H2,1-3H3. The van der Waals surface area contributed by atoms with Crippen LogP contribution in [-0.4, -0.2) is 35.6 Å². The molecule has 0 bridgehead atoms. The van der Waals surface area contributed by atoms with Gasteiger partial charge in [-0.1, -0.05) is 20.8 Å². The minimum Gasteiger partial charge on any atom is -0.354 e. The van der Waals surface area contributed by atoms with E-state index < -0.39 is 0 Å². The molecule has 0 saturated carbocycles. The molecule has 0 saturated heterocycles. The number of likely N-dealkylation sites (N-methyl/N-ethyl adjacent to an activating group) is 1. The molecule has 0 spiro atoms. The summed E-state index contributed by atoms with van der Waals surface area (Å²) in [6.45, 7) is 13.4. The lowest BCUT2D eigenvalue weighted by atomic mass is 10.3. The second kappa shape index (κ2) is 9.17. The summed E-state index contributed by atoms with van der Waals surface area (Å²) in [5.41, 5.74) is 1.39. The molecule has 3 nitrogen and oxygen atoms in total. The first kappa shape index (κ1) is 15.3. The average molecular weight is 251 g/mol. The van der Waals surface area contributed by atoms with Crippen LogP contribution in [0.1, 0.15) is 39.2 Å². The molecule has 0 radical (unpaired) electrons. The molecular weight excluding hydrogens is 222 g/mol. The van der Waals surface area contributed by atoms with Crippen molar-refractivity contribution in [2.75, 3.05) is 26.2 Å². The Morgan fingerprint density at radius 2 is 2.00 bits per heavy atom. The monoisotopic (exact) mass is 251 g/mol. The zero-order chi connectivity index (χ0) is 13.2. The van der Waals surface area contributed by atoms with Crippen LogP contribution in [0.5, 0.6) is 0 Å². The maximum atomic E-state index is 3.53. The van der Waals surface area contributed by atoms with Gasteiger partial charge in [-0.3, -0.25) is 0 Å². The van der Waals surface area contributed by atoms with Crippen LogP contribution in [-0.2, 0) is 13.1 Å². The molecule has 1 aromatic rings. The minimum atomic E-state index is 0.987. The number of aromatic nitrogens is 1. The number of hydrogen-bond donors (Lipinski definition) is 1. The van der Waals surface area contributed by atoms with Crippen molar-refractivity contribution < 1.29 is 0 Å². The Labute approximate surface area is 112 Å². The third-order valence-electron chi connectivity index (χ3n) is 3.21. The Morgan fingerprint density at radius 1 is 1.17 bits per heavy atom. The van der Waals surface area contributed by atoms with Gasteiger partial charge in [-0.05, 0) is 37.6 Å². The molecule has 3 heteroatoms. The summed E-state index contributed by atoms with van der Waals surface area (Å²) in [6, 6.07) is 2.21. The van der Waals surface area contributed by atoms with Gasteiger partial charge >= 0.3 is 0 Å². The molecule has 1 rings (SSSR count). The predicted molar refractivity (Wildman–Crippen MR) is 78.8 cm³/mol. The lowest BCUT2D eigenvalue weighted by Gasteiger charge is -2.19. The molecule has 0 aromatic carbocycles. The Morgan fingerprint density at radius 3 is 2.67 bits per heavy atom. The molecule has 0 amide bonds. The molecule has 1 N–H and O–H groups in total. The first-order chi connectivity index (χ1) is 8.80. The molecule has 0 unspecified atom stereocenters. The van der Waals surface area contributed by atoms with Crippen molar-refractivity contribution >= 4 is 0 Å². The lowest BCUT2D eigenvalue weighted by molar-refractivity contribution is 0.287. The zero-order valence-corrected chi connectivity index (χ0v) is 12.3. The number of hydrogen-bond acceptors (Lipinski definition) is 2. The second-order valence-electron chi connectivity index (χ2n) is 4.87. The normalized spacial score (nSPS) is 11.3. The van der Waals surface area contributed by atoms with Gasteiger partial charge in [0.25, 0.3) is 0 Å². The lowest BCUT2D eigenvalue weighted by Crippen LogP contribution is -2.32. The fourth-order valence-electron chi connectivity index (χ4n) is 2.21. The van der Waals surface area contributed by atoms with Crippen molar-refractivity contribution in [2.45, 2.75) is 46.7 Å². The van der Waals surface area contributed by atoms with E-state index in [2.05, 4.69) is 54.0 Å². The zero-order valence-electron chi connectivity index (χ0n) is 12.3. The van der Waals surface area contributed by atoms with Crippen LogP contribution in [0.15, 0.2) is 18.5 Å². The van der Waals surface area contributed by atoms with Gasteiger partial charge in [-0.25, -0.2) is 0 Å². The Balaban J connectivity index is 2.16. The highest BCUT2D eigenvalue weighted by atomic mass is 15.1. The molecule has 104 valence electrons. The topological polar surface area (TPSA) is 20.2 Å². The predicted octanol–water partition coefficient (Wildman–Crippen LogP) is 2.72. The summed E-state index contributed by atoms with van der Waals surface area (Å²) < 4.78 is 2.27. The molecule has 0 aliphatic rings. The summed E-state index contributed by atoms with van der Waals surface area (Å²) in [5, 5.41) is 3.53. The quantitative estimate of drug-likeness (QED) is 0.645. The Kier molecular flexibility index (Phi) is 7.78. The molecule has 0 aliphatic heterocycles. The molecule has 0 fully saturated rings. The van der Waals surface area contributed by atoms with E-state index in [0.717, 1.165) is 32.7 Å². The van der Waals surface area contributed by atoms with E-state index in [0.29, 0.717) is 0 Å². The third-order valence-corrected chi connectivity index (χ3v) is 3.21. The van der Waals surface area contributed by atoms with Gasteiger partial charge in [0.2, 0.25) is 0 Å². The molecule has 1 heterocycles. The van der Waals surface area contributed by atoms with Crippen molar-refractivity contribution in [2.24, 2.45) is 0 Å². The number of nitrogens with zero attached hydrogens (tertiary/aromatic N) is 2. The maximum absolute atomic E-state index is 3.53. The van der Waals surface area contributed by atoms with Crippen molar-refractivity contribution in [1.29, 1.82) is 0 Å². The smallest absolute Gasteiger partial charge is 0.0221 e. The van der Waals surface area contributed by atoms with Crippen LogP contribution in [0.25, 0.3) is 0 Å². The van der Waals surface area contributed by atoms with E-state index in [4.69, 9.17) is 0 Å². The number of nitrogens with one attached hydrogen (secondary N) is 1. The van der Waals surface area contributed by atoms with Crippen LogP contribution in [0.2, 0.25) is 0 Å². The largest absolute Gasteiger partial charge is 0.354 e. The average Bonchev–Trinajstić information content (AvgIpc) is 2.81. The summed E-state index contributed by atoms with van der Waals surface area (Å²) in [7, 11) is 0. The van der Waals surface area contributed by atoms with Crippen LogP contribution >= 0.6 is 0 Å². The van der Waals surface area contributed by atoms with Crippen molar-refractivity contribution in [1.82, 2.24) is 14.8 Å². The van der Waals surface area contributed by atoms with Gasteiger partial charge < -0.3 is 14.8 Å².